The average Bonchev–Trinajstić information content (AvgIpc) is 2.95. The third-order valence-electron chi connectivity index (χ3n) is 6.28. The summed E-state index contributed by atoms with van der Waals surface area (Å²) in [5, 5.41) is 5.93. The maximum atomic E-state index is 14.6. The molecule has 1 aromatic rings. The van der Waals surface area contributed by atoms with Crippen molar-refractivity contribution >= 4 is 17.7 Å². The molecule has 2 aliphatic heterocycles. The van der Waals surface area contributed by atoms with Crippen LogP contribution < -0.4 is 10.6 Å². The number of rotatable bonds is 7. The van der Waals surface area contributed by atoms with Crippen molar-refractivity contribution < 1.29 is 18.8 Å². The molecule has 0 aromatic heterocycles. The van der Waals surface area contributed by atoms with E-state index >= 15 is 0 Å². The lowest BCUT2D eigenvalue weighted by molar-refractivity contribution is -0.131. The van der Waals surface area contributed by atoms with Crippen molar-refractivity contribution in [2.24, 2.45) is 0 Å². The maximum absolute atomic E-state index is 14.6. The van der Waals surface area contributed by atoms with E-state index in [1.807, 2.05) is 6.07 Å². The third-order valence-corrected chi connectivity index (χ3v) is 6.28. The van der Waals surface area contributed by atoms with E-state index < -0.39 is 5.54 Å². The van der Waals surface area contributed by atoms with Gasteiger partial charge in [-0.05, 0) is 37.3 Å². The Hall–Kier alpha value is -2.44. The van der Waals surface area contributed by atoms with E-state index in [1.54, 1.807) is 17.0 Å². The van der Waals surface area contributed by atoms with E-state index in [1.165, 1.54) is 13.0 Å². The van der Waals surface area contributed by atoms with Gasteiger partial charge >= 0.3 is 0 Å². The highest BCUT2D eigenvalue weighted by Crippen LogP contribution is 2.42. The van der Waals surface area contributed by atoms with Crippen molar-refractivity contribution in [3.63, 3.8) is 0 Å². The van der Waals surface area contributed by atoms with Crippen LogP contribution in [0.3, 0.4) is 0 Å². The Bertz CT molecular complexity index is 785. The molecule has 2 fully saturated rings. The minimum absolute atomic E-state index is 0.0129. The summed E-state index contributed by atoms with van der Waals surface area (Å²) in [5.74, 6) is -0.539. The number of halogens is 1. The lowest BCUT2D eigenvalue weighted by Crippen LogP contribution is -2.53. The van der Waals surface area contributed by atoms with Gasteiger partial charge in [0.1, 0.15) is 5.82 Å². The van der Waals surface area contributed by atoms with Gasteiger partial charge < -0.3 is 15.5 Å². The number of carbonyl (C=O) groups is 3. The number of likely N-dealkylation sites (tertiary alicyclic amines) is 1. The van der Waals surface area contributed by atoms with Gasteiger partial charge in [0.05, 0.1) is 5.54 Å². The van der Waals surface area contributed by atoms with Gasteiger partial charge in [0.25, 0.3) is 0 Å². The molecule has 2 N–H and O–H groups in total. The van der Waals surface area contributed by atoms with E-state index in [-0.39, 0.29) is 29.5 Å². The molecule has 1 aromatic carbocycles. The smallest absolute Gasteiger partial charge is 0.222 e. The van der Waals surface area contributed by atoms with Crippen LogP contribution in [0.15, 0.2) is 24.3 Å². The van der Waals surface area contributed by atoms with Crippen molar-refractivity contribution in [2.45, 2.75) is 69.7 Å². The maximum Gasteiger partial charge on any atom is 0.222 e. The molecule has 2 atom stereocenters. The molecule has 3 rings (SSSR count). The van der Waals surface area contributed by atoms with E-state index in [4.69, 9.17) is 0 Å². The molecule has 30 heavy (non-hydrogen) atoms. The summed E-state index contributed by atoms with van der Waals surface area (Å²) in [5.41, 5.74) is -0.0260. The van der Waals surface area contributed by atoms with Crippen LogP contribution in [0.1, 0.15) is 69.8 Å². The molecule has 1 spiro atoms. The second kappa shape index (κ2) is 10.0. The van der Waals surface area contributed by atoms with Crippen molar-refractivity contribution in [1.82, 2.24) is 15.5 Å². The fraction of sp³-hybridized carbons (Fsp3) is 0.609. The normalized spacial score (nSPS) is 23.9. The predicted molar refractivity (Wildman–Crippen MR) is 112 cm³/mol. The molecular formula is C23H32FN3O3. The van der Waals surface area contributed by atoms with Crippen molar-refractivity contribution in [3.05, 3.63) is 35.6 Å². The van der Waals surface area contributed by atoms with Gasteiger partial charge in [0.2, 0.25) is 17.7 Å². The zero-order valence-corrected chi connectivity index (χ0v) is 17.7. The first kappa shape index (κ1) is 22.2. The van der Waals surface area contributed by atoms with Gasteiger partial charge in [-0.15, -0.1) is 0 Å². The minimum Gasteiger partial charge on any atom is -0.356 e. The van der Waals surface area contributed by atoms with Gasteiger partial charge in [-0.2, -0.15) is 0 Å². The molecule has 0 bridgehead atoms. The Morgan fingerprint density at radius 1 is 1.23 bits per heavy atom. The molecule has 3 amide bonds. The number of carbonyl (C=O) groups excluding carboxylic acids is 3. The Morgan fingerprint density at radius 3 is 2.80 bits per heavy atom. The first-order valence-corrected chi connectivity index (χ1v) is 11.0. The van der Waals surface area contributed by atoms with Gasteiger partial charge in [0, 0.05) is 45.3 Å². The van der Waals surface area contributed by atoms with E-state index in [9.17, 15) is 18.8 Å². The number of unbranched alkanes of at least 4 members (excludes halogenated alkanes) is 2. The molecule has 7 heteroatoms. The van der Waals surface area contributed by atoms with Crippen molar-refractivity contribution in [1.29, 1.82) is 0 Å². The minimum atomic E-state index is -0.600. The molecule has 164 valence electrons. The SMILES string of the molecule is CC(=O)NCCCCCC(=O)N1C[C@@H](c2ccccc2F)[C@@]2(CCCCC(=O)N2)C1. The molecule has 0 unspecified atom stereocenters. The molecule has 2 heterocycles. The van der Waals surface area contributed by atoms with Crippen LogP contribution in [0.25, 0.3) is 0 Å². The van der Waals surface area contributed by atoms with Crippen LogP contribution in [0.2, 0.25) is 0 Å². The number of nitrogens with zero attached hydrogens (tertiary/aromatic N) is 1. The third kappa shape index (κ3) is 5.37. The van der Waals surface area contributed by atoms with Gasteiger partial charge in [-0.25, -0.2) is 4.39 Å². The van der Waals surface area contributed by atoms with Crippen molar-refractivity contribution in [3.8, 4) is 0 Å². The topological polar surface area (TPSA) is 78.5 Å². The Balaban J connectivity index is 1.67. The lowest BCUT2D eigenvalue weighted by atomic mass is 9.78. The van der Waals surface area contributed by atoms with Gasteiger partial charge in [-0.1, -0.05) is 31.0 Å². The Labute approximate surface area is 177 Å². The predicted octanol–water partition coefficient (Wildman–Crippen LogP) is 2.88. The van der Waals surface area contributed by atoms with Crippen LogP contribution >= 0.6 is 0 Å². The molecule has 2 aliphatic rings. The second-order valence-corrected chi connectivity index (χ2v) is 8.55. The summed E-state index contributed by atoms with van der Waals surface area (Å²) in [7, 11) is 0. The fourth-order valence-electron chi connectivity index (χ4n) is 4.76. The van der Waals surface area contributed by atoms with E-state index in [0.717, 1.165) is 38.5 Å². The summed E-state index contributed by atoms with van der Waals surface area (Å²) >= 11 is 0. The molecule has 0 radical (unpaired) electrons. The highest BCUT2D eigenvalue weighted by Gasteiger charge is 2.50. The first-order chi connectivity index (χ1) is 14.4. The highest BCUT2D eigenvalue weighted by molar-refractivity contribution is 5.79. The Morgan fingerprint density at radius 2 is 2.03 bits per heavy atom. The average molecular weight is 418 g/mol. The number of amides is 3. The van der Waals surface area contributed by atoms with Crippen LogP contribution in [-0.4, -0.2) is 47.8 Å². The van der Waals surface area contributed by atoms with E-state index in [2.05, 4.69) is 10.6 Å². The van der Waals surface area contributed by atoms with Gasteiger partial charge in [0.15, 0.2) is 0 Å². The summed E-state index contributed by atoms with van der Waals surface area (Å²) in [6.45, 7) is 2.97. The lowest BCUT2D eigenvalue weighted by Gasteiger charge is -2.34. The number of nitrogens with one attached hydrogen (secondary N) is 2. The monoisotopic (exact) mass is 417 g/mol. The van der Waals surface area contributed by atoms with Crippen molar-refractivity contribution in [2.75, 3.05) is 19.6 Å². The van der Waals surface area contributed by atoms with Crippen LogP contribution in [0.4, 0.5) is 4.39 Å². The fourth-order valence-corrected chi connectivity index (χ4v) is 4.76. The molecular weight excluding hydrogens is 385 g/mol. The Kier molecular flexibility index (Phi) is 7.45. The number of benzene rings is 1. The summed E-state index contributed by atoms with van der Waals surface area (Å²) in [6.07, 6.45) is 5.80. The highest BCUT2D eigenvalue weighted by atomic mass is 19.1. The first-order valence-electron chi connectivity index (χ1n) is 11.0. The zero-order valence-electron chi connectivity index (χ0n) is 17.7. The number of hydrogen-bond acceptors (Lipinski definition) is 3. The molecule has 0 aliphatic carbocycles. The summed E-state index contributed by atoms with van der Waals surface area (Å²) in [4.78, 5) is 38.0. The standard InChI is InChI=1S/C23H32FN3O3/c1-17(28)25-14-8-2-3-12-22(30)27-15-19(18-9-4-5-10-20(18)24)23(16-27)13-7-6-11-21(29)26-23/h4-5,9-10,19H,2-3,6-8,11-16H2,1H3,(H,25,28)(H,26,29)/t19-,23+/m0/s1. The molecule has 6 nitrogen and oxygen atoms in total. The quantitative estimate of drug-likeness (QED) is 0.670. The van der Waals surface area contributed by atoms with Crippen LogP contribution in [-0.2, 0) is 14.4 Å². The van der Waals surface area contributed by atoms with Gasteiger partial charge in [-0.3, -0.25) is 14.4 Å². The number of hydrogen-bond donors (Lipinski definition) is 2. The van der Waals surface area contributed by atoms with E-state index in [0.29, 0.717) is 38.0 Å². The molecule has 0 saturated carbocycles. The summed E-state index contributed by atoms with van der Waals surface area (Å²) < 4.78 is 14.6. The van der Waals surface area contributed by atoms with Crippen LogP contribution in [0, 0.1) is 5.82 Å². The second-order valence-electron chi connectivity index (χ2n) is 8.55. The zero-order chi connectivity index (χ0) is 21.6. The van der Waals surface area contributed by atoms with Crippen LogP contribution in [0.5, 0.6) is 0 Å². The largest absolute Gasteiger partial charge is 0.356 e. The summed E-state index contributed by atoms with van der Waals surface area (Å²) in [6, 6.07) is 6.69. The molecule has 2 saturated heterocycles.